The van der Waals surface area contributed by atoms with E-state index in [2.05, 4.69) is 29.3 Å². The van der Waals surface area contributed by atoms with Crippen molar-refractivity contribution in [3.63, 3.8) is 0 Å². The molecule has 0 amide bonds. The summed E-state index contributed by atoms with van der Waals surface area (Å²) >= 11 is 6.20. The highest BCUT2D eigenvalue weighted by molar-refractivity contribution is 6.31. The van der Waals surface area contributed by atoms with Crippen LogP contribution < -0.4 is 5.32 Å². The van der Waals surface area contributed by atoms with E-state index < -0.39 is 0 Å². The lowest BCUT2D eigenvalue weighted by Crippen LogP contribution is -2.37. The smallest absolute Gasteiger partial charge is 0.134 e. The molecule has 0 aliphatic carbocycles. The molecule has 1 aromatic carbocycles. The van der Waals surface area contributed by atoms with Crippen molar-refractivity contribution >= 4 is 36.4 Å². The normalized spacial score (nSPS) is 17.2. The molecule has 6 heteroatoms. The van der Waals surface area contributed by atoms with Gasteiger partial charge in [-0.1, -0.05) is 30.7 Å². The molecular formula is C19H27Cl3N2O. The zero-order valence-electron chi connectivity index (χ0n) is 14.8. The standard InChI is InChI=1S/C19H25ClN2O.2ClH/c1-3-22-11-5-6-15(22)12-21-13-16-9-10-19(23-16)17-7-4-8-18(20)14(17)2;;/h4,7-10,15,21H,3,5-6,11-13H2,1-2H3;2*1H. The predicted molar refractivity (Wildman–Crippen MR) is 110 cm³/mol. The van der Waals surface area contributed by atoms with Gasteiger partial charge in [0.25, 0.3) is 0 Å². The second kappa shape index (κ2) is 10.4. The summed E-state index contributed by atoms with van der Waals surface area (Å²) < 4.78 is 5.99. The third-order valence-corrected chi connectivity index (χ3v) is 5.19. The van der Waals surface area contributed by atoms with Crippen molar-refractivity contribution in [3.05, 3.63) is 46.7 Å². The summed E-state index contributed by atoms with van der Waals surface area (Å²) in [6.07, 6.45) is 2.62. The molecule has 0 radical (unpaired) electrons. The Morgan fingerprint density at radius 3 is 2.80 bits per heavy atom. The lowest BCUT2D eigenvalue weighted by Gasteiger charge is -2.22. The van der Waals surface area contributed by atoms with Crippen LogP contribution in [0.5, 0.6) is 0 Å². The van der Waals surface area contributed by atoms with E-state index >= 15 is 0 Å². The summed E-state index contributed by atoms with van der Waals surface area (Å²) in [4.78, 5) is 2.55. The minimum atomic E-state index is 0. The van der Waals surface area contributed by atoms with Crippen LogP contribution in [0.1, 0.15) is 31.1 Å². The van der Waals surface area contributed by atoms with E-state index in [1.54, 1.807) is 0 Å². The molecule has 0 saturated carbocycles. The number of hydrogen-bond acceptors (Lipinski definition) is 3. The molecule has 3 nitrogen and oxygen atoms in total. The van der Waals surface area contributed by atoms with Crippen LogP contribution in [0.25, 0.3) is 11.3 Å². The number of halogens is 3. The van der Waals surface area contributed by atoms with Gasteiger partial charge in [0, 0.05) is 23.2 Å². The van der Waals surface area contributed by atoms with Gasteiger partial charge < -0.3 is 9.73 Å². The lowest BCUT2D eigenvalue weighted by atomic mass is 10.1. The van der Waals surface area contributed by atoms with Crippen molar-refractivity contribution < 1.29 is 4.42 Å². The number of hydrogen-bond donors (Lipinski definition) is 1. The maximum Gasteiger partial charge on any atom is 0.134 e. The van der Waals surface area contributed by atoms with Gasteiger partial charge in [-0.25, -0.2) is 0 Å². The fraction of sp³-hybridized carbons (Fsp3) is 0.474. The van der Waals surface area contributed by atoms with E-state index in [0.717, 1.165) is 47.3 Å². The van der Waals surface area contributed by atoms with Crippen molar-refractivity contribution in [3.8, 4) is 11.3 Å². The number of rotatable bonds is 6. The van der Waals surface area contributed by atoms with Crippen molar-refractivity contribution in [2.75, 3.05) is 19.6 Å². The van der Waals surface area contributed by atoms with E-state index in [-0.39, 0.29) is 24.8 Å². The van der Waals surface area contributed by atoms with Crippen molar-refractivity contribution in [1.29, 1.82) is 0 Å². The molecule has 140 valence electrons. The Bertz CT molecular complexity index is 660. The summed E-state index contributed by atoms with van der Waals surface area (Å²) in [5, 5.41) is 4.31. The molecule has 1 N–H and O–H groups in total. The van der Waals surface area contributed by atoms with Crippen LogP contribution in [0, 0.1) is 6.92 Å². The van der Waals surface area contributed by atoms with E-state index in [9.17, 15) is 0 Å². The second-order valence-electron chi connectivity index (χ2n) is 6.23. The molecule has 0 bridgehead atoms. The van der Waals surface area contributed by atoms with Gasteiger partial charge in [-0.15, -0.1) is 24.8 Å². The molecule has 25 heavy (non-hydrogen) atoms. The van der Waals surface area contributed by atoms with Gasteiger partial charge in [0.05, 0.1) is 6.54 Å². The van der Waals surface area contributed by atoms with Crippen molar-refractivity contribution in [2.24, 2.45) is 0 Å². The molecule has 3 rings (SSSR count). The molecule has 1 fully saturated rings. The first kappa shape index (κ1) is 22.3. The highest BCUT2D eigenvalue weighted by Gasteiger charge is 2.22. The fourth-order valence-corrected chi connectivity index (χ4v) is 3.57. The average Bonchev–Trinajstić information content (AvgIpc) is 3.19. The second-order valence-corrected chi connectivity index (χ2v) is 6.64. The van der Waals surface area contributed by atoms with E-state index in [4.69, 9.17) is 16.0 Å². The van der Waals surface area contributed by atoms with Gasteiger partial charge >= 0.3 is 0 Å². The Labute approximate surface area is 167 Å². The Morgan fingerprint density at radius 1 is 1.24 bits per heavy atom. The highest BCUT2D eigenvalue weighted by atomic mass is 35.5. The topological polar surface area (TPSA) is 28.4 Å². The SMILES string of the molecule is CCN1CCCC1CNCc1ccc(-c2cccc(Cl)c2C)o1.Cl.Cl. The summed E-state index contributed by atoms with van der Waals surface area (Å²) in [5.74, 6) is 1.86. The first-order valence-corrected chi connectivity index (χ1v) is 8.85. The predicted octanol–water partition coefficient (Wildman–Crippen LogP) is 5.33. The quantitative estimate of drug-likeness (QED) is 0.704. The lowest BCUT2D eigenvalue weighted by molar-refractivity contribution is 0.258. The average molecular weight is 406 g/mol. The molecule has 1 unspecified atom stereocenters. The van der Waals surface area contributed by atoms with Crippen molar-refractivity contribution in [2.45, 2.75) is 39.3 Å². The van der Waals surface area contributed by atoms with Gasteiger partial charge in [-0.05, 0) is 56.6 Å². The molecule has 0 spiro atoms. The molecule has 1 saturated heterocycles. The monoisotopic (exact) mass is 404 g/mol. The molecule has 2 aromatic rings. The zero-order chi connectivity index (χ0) is 16.2. The third kappa shape index (κ3) is 5.38. The first-order valence-electron chi connectivity index (χ1n) is 8.48. The maximum atomic E-state index is 6.20. The van der Waals surface area contributed by atoms with Crippen LogP contribution in [-0.4, -0.2) is 30.6 Å². The van der Waals surface area contributed by atoms with Gasteiger partial charge in [0.1, 0.15) is 11.5 Å². The Hall–Kier alpha value is -0.710. The minimum Gasteiger partial charge on any atom is -0.460 e. The van der Waals surface area contributed by atoms with Gasteiger partial charge in [-0.3, -0.25) is 4.90 Å². The number of likely N-dealkylation sites (tertiary alicyclic amines) is 1. The van der Waals surface area contributed by atoms with Gasteiger partial charge in [-0.2, -0.15) is 0 Å². The maximum absolute atomic E-state index is 6.20. The summed E-state index contributed by atoms with van der Waals surface area (Å²) in [6, 6.07) is 10.7. The van der Waals surface area contributed by atoms with Crippen LogP contribution in [-0.2, 0) is 6.54 Å². The Kier molecular flexibility index (Phi) is 9.33. The molecule has 1 aliphatic rings. The number of nitrogens with one attached hydrogen (secondary N) is 1. The highest BCUT2D eigenvalue weighted by Crippen LogP contribution is 2.29. The summed E-state index contributed by atoms with van der Waals surface area (Å²) in [5.41, 5.74) is 2.13. The van der Waals surface area contributed by atoms with Gasteiger partial charge in [0.15, 0.2) is 0 Å². The van der Waals surface area contributed by atoms with E-state index in [1.165, 1.54) is 19.4 Å². The van der Waals surface area contributed by atoms with Crippen LogP contribution in [0.4, 0.5) is 0 Å². The number of likely N-dealkylation sites (N-methyl/N-ethyl adjacent to an activating group) is 1. The van der Waals surface area contributed by atoms with Crippen molar-refractivity contribution in [1.82, 2.24) is 10.2 Å². The molecule has 1 aliphatic heterocycles. The molecular weight excluding hydrogens is 379 g/mol. The van der Waals surface area contributed by atoms with E-state index in [0.29, 0.717) is 6.04 Å². The largest absolute Gasteiger partial charge is 0.460 e. The molecule has 2 heterocycles. The fourth-order valence-electron chi connectivity index (χ4n) is 3.40. The molecule has 1 aromatic heterocycles. The van der Waals surface area contributed by atoms with Crippen LogP contribution in [0.3, 0.4) is 0 Å². The number of furan rings is 1. The number of benzene rings is 1. The minimum absolute atomic E-state index is 0. The summed E-state index contributed by atoms with van der Waals surface area (Å²) in [7, 11) is 0. The van der Waals surface area contributed by atoms with Gasteiger partial charge in [0.2, 0.25) is 0 Å². The Morgan fingerprint density at radius 2 is 2.04 bits per heavy atom. The number of nitrogens with zero attached hydrogens (tertiary/aromatic N) is 1. The van der Waals surface area contributed by atoms with Crippen LogP contribution in [0.15, 0.2) is 34.7 Å². The van der Waals surface area contributed by atoms with Crippen LogP contribution >= 0.6 is 36.4 Å². The van der Waals surface area contributed by atoms with E-state index in [1.807, 2.05) is 25.1 Å². The first-order chi connectivity index (χ1) is 11.2. The Balaban J connectivity index is 0.00000156. The van der Waals surface area contributed by atoms with Crippen LogP contribution in [0.2, 0.25) is 5.02 Å². The summed E-state index contributed by atoms with van der Waals surface area (Å²) in [6.45, 7) is 8.45. The zero-order valence-corrected chi connectivity index (χ0v) is 17.1. The molecule has 1 atom stereocenters. The third-order valence-electron chi connectivity index (χ3n) is 4.78.